The van der Waals surface area contributed by atoms with E-state index in [1.165, 1.54) is 0 Å². The van der Waals surface area contributed by atoms with Gasteiger partial charge in [0.05, 0.1) is 56.9 Å². The summed E-state index contributed by atoms with van der Waals surface area (Å²) in [5.74, 6) is 2.08. The minimum Gasteiger partial charge on any atom is -0.496 e. The van der Waals surface area contributed by atoms with Crippen molar-refractivity contribution in [3.05, 3.63) is 29.6 Å². The van der Waals surface area contributed by atoms with Gasteiger partial charge in [0, 0.05) is 29.6 Å². The van der Waals surface area contributed by atoms with Crippen LogP contribution in [0.3, 0.4) is 0 Å². The molecule has 6 rings (SSSR count). The van der Waals surface area contributed by atoms with E-state index in [9.17, 15) is 4.79 Å². The number of aromatic nitrogens is 2. The largest absolute Gasteiger partial charge is 0.496 e. The molecule has 9 nitrogen and oxygen atoms in total. The molecule has 10 heteroatoms. The maximum Gasteiger partial charge on any atom is 0.229 e. The van der Waals surface area contributed by atoms with Crippen LogP contribution in [0.1, 0.15) is 19.3 Å². The number of carbonyl (C=O) groups is 1. The smallest absolute Gasteiger partial charge is 0.229 e. The molecule has 2 aromatic heterocycles. The number of morpholine rings is 2. The van der Waals surface area contributed by atoms with Crippen molar-refractivity contribution in [1.29, 1.82) is 0 Å². The first-order valence-electron chi connectivity index (χ1n) is 12.1. The molecule has 3 aliphatic rings. The van der Waals surface area contributed by atoms with Crippen LogP contribution < -0.4 is 20.3 Å². The number of carbonyl (C=O) groups excluding carboxylic acids is 1. The molecule has 3 aliphatic heterocycles. The zero-order valence-corrected chi connectivity index (χ0v) is 20.5. The normalized spacial score (nSPS) is 24.2. The lowest BCUT2D eigenvalue weighted by Crippen LogP contribution is -2.47. The summed E-state index contributed by atoms with van der Waals surface area (Å²) in [4.78, 5) is 27.4. The number of methoxy groups -OCH3 is 1. The summed E-state index contributed by atoms with van der Waals surface area (Å²) < 4.78 is 17.3. The highest BCUT2D eigenvalue weighted by Crippen LogP contribution is 2.44. The monoisotopic (exact) mass is 495 g/mol. The number of anilines is 2. The molecule has 3 fully saturated rings. The molecular weight excluding hydrogens is 466 g/mol. The van der Waals surface area contributed by atoms with Gasteiger partial charge in [0.1, 0.15) is 16.4 Å². The Hall–Kier alpha value is -2.95. The summed E-state index contributed by atoms with van der Waals surface area (Å²) in [6.07, 6.45) is 2.11. The highest BCUT2D eigenvalue weighted by Gasteiger charge is 2.40. The van der Waals surface area contributed by atoms with Crippen molar-refractivity contribution in [2.45, 2.75) is 37.5 Å². The average Bonchev–Trinajstić information content (AvgIpc) is 3.40. The van der Waals surface area contributed by atoms with Gasteiger partial charge in [-0.2, -0.15) is 4.98 Å². The number of para-hydroxylation sites is 1. The van der Waals surface area contributed by atoms with Crippen LogP contribution in [0.15, 0.2) is 29.6 Å². The molecule has 1 amide bonds. The molecule has 0 spiro atoms. The zero-order valence-electron chi connectivity index (χ0n) is 19.7. The van der Waals surface area contributed by atoms with Crippen molar-refractivity contribution in [1.82, 2.24) is 9.97 Å². The number of thiophene rings is 1. The Morgan fingerprint density at radius 3 is 2.77 bits per heavy atom. The van der Waals surface area contributed by atoms with Crippen molar-refractivity contribution in [2.75, 3.05) is 49.8 Å². The number of hydrogen-bond donors (Lipinski definition) is 1. The Morgan fingerprint density at radius 2 is 2.00 bits per heavy atom. The molecule has 3 saturated heterocycles. The highest BCUT2D eigenvalue weighted by molar-refractivity contribution is 7.17. The second kappa shape index (κ2) is 9.25. The van der Waals surface area contributed by atoms with Gasteiger partial charge in [-0.3, -0.25) is 4.79 Å². The lowest BCUT2D eigenvalue weighted by molar-refractivity contribution is -0.121. The van der Waals surface area contributed by atoms with Crippen LogP contribution in [-0.4, -0.2) is 74.1 Å². The summed E-state index contributed by atoms with van der Waals surface area (Å²) in [5, 5.41) is 3.14. The molecule has 3 unspecified atom stereocenters. The predicted octanol–water partition coefficient (Wildman–Crippen LogP) is 2.82. The maximum absolute atomic E-state index is 11.6. The van der Waals surface area contributed by atoms with Crippen molar-refractivity contribution in [3.8, 4) is 16.9 Å². The molecule has 1 aromatic carbocycles. The molecule has 0 aliphatic carbocycles. The molecule has 3 atom stereocenters. The fourth-order valence-electron chi connectivity index (χ4n) is 5.54. The number of nitrogens with zero attached hydrogens (tertiary/aromatic N) is 4. The van der Waals surface area contributed by atoms with Gasteiger partial charge < -0.3 is 29.7 Å². The second-order valence-electron chi connectivity index (χ2n) is 9.32. The average molecular weight is 496 g/mol. The number of nitrogens with two attached hydrogens (primary N) is 1. The predicted molar refractivity (Wildman–Crippen MR) is 135 cm³/mol. The lowest BCUT2D eigenvalue weighted by atomic mass is 10.0. The fraction of sp³-hybridized carbons (Fsp3) is 0.480. The molecule has 2 bridgehead atoms. The van der Waals surface area contributed by atoms with E-state index < -0.39 is 0 Å². The topological polar surface area (TPSA) is 103 Å². The third-order valence-electron chi connectivity index (χ3n) is 7.14. The molecule has 2 N–H and O–H groups in total. The van der Waals surface area contributed by atoms with Gasteiger partial charge in [-0.25, -0.2) is 4.98 Å². The van der Waals surface area contributed by atoms with Crippen molar-refractivity contribution < 1.29 is 19.0 Å². The first kappa shape index (κ1) is 22.5. The zero-order chi connectivity index (χ0) is 23.9. The van der Waals surface area contributed by atoms with E-state index >= 15 is 0 Å². The lowest BCUT2D eigenvalue weighted by Gasteiger charge is -2.37. The number of hydrogen-bond acceptors (Lipinski definition) is 9. The van der Waals surface area contributed by atoms with Gasteiger partial charge in [-0.05, 0) is 18.9 Å². The van der Waals surface area contributed by atoms with E-state index in [-0.39, 0.29) is 18.4 Å². The molecule has 35 heavy (non-hydrogen) atoms. The van der Waals surface area contributed by atoms with Gasteiger partial charge in [0.2, 0.25) is 11.9 Å². The number of primary amides is 1. The number of fused-ring (bicyclic) bond motifs is 3. The van der Waals surface area contributed by atoms with Crippen molar-refractivity contribution >= 4 is 39.2 Å². The number of benzene rings is 1. The summed E-state index contributed by atoms with van der Waals surface area (Å²) in [7, 11) is 1.69. The summed E-state index contributed by atoms with van der Waals surface area (Å²) in [5.41, 5.74) is 7.53. The standard InChI is InChI=1S/C25H29N5O4S/c1-32-20-5-3-2-4-18(20)19-14-35-24-22(19)23(29-8-9-34-17(11-29)10-21(26)31)27-25(28-24)30-15-6-7-16(30)13-33-12-15/h2-5,14-17H,6-13H2,1H3,(H2,26,31). The Balaban J connectivity index is 1.49. The summed E-state index contributed by atoms with van der Waals surface area (Å²) in [6, 6.07) is 8.63. The van der Waals surface area contributed by atoms with Crippen LogP contribution in [0, 0.1) is 0 Å². The fourth-order valence-corrected chi connectivity index (χ4v) is 6.46. The first-order valence-corrected chi connectivity index (χ1v) is 12.9. The molecule has 3 aromatic rings. The van der Waals surface area contributed by atoms with E-state index in [1.807, 2.05) is 18.2 Å². The maximum atomic E-state index is 11.6. The molecular formula is C25H29N5O4S. The summed E-state index contributed by atoms with van der Waals surface area (Å²) >= 11 is 1.62. The quantitative estimate of drug-likeness (QED) is 0.557. The minimum absolute atomic E-state index is 0.189. The van der Waals surface area contributed by atoms with Crippen LogP contribution in [0.4, 0.5) is 11.8 Å². The van der Waals surface area contributed by atoms with E-state index in [4.69, 9.17) is 29.9 Å². The number of ether oxygens (including phenoxy) is 3. The van der Waals surface area contributed by atoms with Gasteiger partial charge >= 0.3 is 0 Å². The van der Waals surface area contributed by atoms with Crippen LogP contribution in [0.5, 0.6) is 5.75 Å². The number of rotatable bonds is 6. The van der Waals surface area contributed by atoms with Crippen molar-refractivity contribution in [3.63, 3.8) is 0 Å². The molecule has 184 valence electrons. The molecule has 0 saturated carbocycles. The van der Waals surface area contributed by atoms with E-state index in [0.29, 0.717) is 45.0 Å². The highest BCUT2D eigenvalue weighted by atomic mass is 32.1. The molecule has 0 radical (unpaired) electrons. The van der Waals surface area contributed by atoms with Crippen LogP contribution in [0.25, 0.3) is 21.3 Å². The molecule has 5 heterocycles. The Kier molecular flexibility index (Phi) is 5.95. The first-order chi connectivity index (χ1) is 17.1. The number of amides is 1. The van der Waals surface area contributed by atoms with E-state index in [0.717, 1.165) is 51.7 Å². The van der Waals surface area contributed by atoms with Crippen LogP contribution in [0.2, 0.25) is 0 Å². The van der Waals surface area contributed by atoms with Crippen LogP contribution >= 0.6 is 11.3 Å². The third-order valence-corrected chi connectivity index (χ3v) is 8.01. The SMILES string of the molecule is COc1ccccc1-c1csc2nc(N3C4CCC3COC4)nc(N3CCOC(CC(N)=O)C3)c12. The Bertz CT molecular complexity index is 1230. The van der Waals surface area contributed by atoms with Crippen LogP contribution in [-0.2, 0) is 14.3 Å². The van der Waals surface area contributed by atoms with E-state index in [2.05, 4.69) is 21.2 Å². The second-order valence-corrected chi connectivity index (χ2v) is 10.2. The Labute approximate surface area is 207 Å². The third kappa shape index (κ3) is 4.09. The van der Waals surface area contributed by atoms with E-state index in [1.54, 1.807) is 18.4 Å². The van der Waals surface area contributed by atoms with Crippen molar-refractivity contribution in [2.24, 2.45) is 5.73 Å². The van der Waals surface area contributed by atoms with Gasteiger partial charge in [-0.15, -0.1) is 11.3 Å². The minimum atomic E-state index is -0.361. The van der Waals surface area contributed by atoms with Gasteiger partial charge in [-0.1, -0.05) is 18.2 Å². The summed E-state index contributed by atoms with van der Waals surface area (Å²) in [6.45, 7) is 3.16. The van der Waals surface area contributed by atoms with Gasteiger partial charge in [0.15, 0.2) is 0 Å². The van der Waals surface area contributed by atoms with Gasteiger partial charge in [0.25, 0.3) is 0 Å². The Morgan fingerprint density at radius 1 is 1.20 bits per heavy atom.